The molecule has 3 atom stereocenters. The summed E-state index contributed by atoms with van der Waals surface area (Å²) in [6, 6.07) is -0.338. The van der Waals surface area contributed by atoms with Gasteiger partial charge in [-0.05, 0) is 32.2 Å². The zero-order chi connectivity index (χ0) is 11.5. The molecule has 3 unspecified atom stereocenters. The largest absolute Gasteiger partial charge is 0.390 e. The van der Waals surface area contributed by atoms with E-state index in [1.807, 2.05) is 0 Å². The maximum atomic E-state index is 12.1. The van der Waals surface area contributed by atoms with E-state index in [-0.39, 0.29) is 6.04 Å². The number of hydrogen-bond acceptors (Lipinski definition) is 2. The fourth-order valence-electron chi connectivity index (χ4n) is 2.31. The quantitative estimate of drug-likeness (QED) is 0.767. The first-order valence-electron chi connectivity index (χ1n) is 5.45. The summed E-state index contributed by atoms with van der Waals surface area (Å²) < 4.78 is 36.3. The zero-order valence-corrected chi connectivity index (χ0v) is 8.98. The molecule has 1 fully saturated rings. The maximum absolute atomic E-state index is 12.1. The number of nitrogens with one attached hydrogen (secondary N) is 1. The van der Waals surface area contributed by atoms with Crippen LogP contribution >= 0.6 is 0 Å². The molecule has 90 valence electrons. The molecule has 0 radical (unpaired) electrons. The summed E-state index contributed by atoms with van der Waals surface area (Å²) in [6.07, 6.45) is -1.79. The van der Waals surface area contributed by atoms with Gasteiger partial charge in [-0.1, -0.05) is 6.42 Å². The Hall–Kier alpha value is -0.290. The number of rotatable bonds is 4. The molecule has 0 heterocycles. The molecule has 0 bridgehead atoms. The van der Waals surface area contributed by atoms with Crippen molar-refractivity contribution in [3.63, 3.8) is 0 Å². The average Bonchev–Trinajstić information content (AvgIpc) is 2.48. The Labute approximate surface area is 88.4 Å². The van der Waals surface area contributed by atoms with Crippen LogP contribution in [0.5, 0.6) is 0 Å². The van der Waals surface area contributed by atoms with E-state index in [1.165, 1.54) is 0 Å². The van der Waals surface area contributed by atoms with E-state index in [1.54, 1.807) is 6.92 Å². The molecule has 0 aromatic rings. The van der Waals surface area contributed by atoms with Gasteiger partial charge >= 0.3 is 6.18 Å². The van der Waals surface area contributed by atoms with E-state index in [9.17, 15) is 13.2 Å². The minimum atomic E-state index is -4.08. The normalized spacial score (nSPS) is 29.4. The summed E-state index contributed by atoms with van der Waals surface area (Å²) in [5, 5.41) is 3.04. The van der Waals surface area contributed by atoms with Crippen LogP contribution in [0.4, 0.5) is 13.2 Å². The number of nitrogens with two attached hydrogens (primary N) is 1. The SMILES string of the molecule is CC(CC(F)(F)F)NC1CCCC1CN. The van der Waals surface area contributed by atoms with E-state index >= 15 is 0 Å². The molecule has 1 aliphatic carbocycles. The topological polar surface area (TPSA) is 38.0 Å². The van der Waals surface area contributed by atoms with Crippen LogP contribution in [0.25, 0.3) is 0 Å². The molecule has 1 rings (SSSR count). The molecule has 0 amide bonds. The second kappa shape index (κ2) is 5.16. The Balaban J connectivity index is 2.34. The first kappa shape index (κ1) is 12.8. The maximum Gasteiger partial charge on any atom is 0.390 e. The Morgan fingerprint density at radius 2 is 2.07 bits per heavy atom. The molecule has 15 heavy (non-hydrogen) atoms. The summed E-state index contributed by atoms with van der Waals surface area (Å²) in [5.41, 5.74) is 5.56. The lowest BCUT2D eigenvalue weighted by atomic mass is 10.0. The van der Waals surface area contributed by atoms with Crippen molar-refractivity contribution in [3.8, 4) is 0 Å². The Morgan fingerprint density at radius 1 is 1.40 bits per heavy atom. The van der Waals surface area contributed by atoms with Crippen molar-refractivity contribution >= 4 is 0 Å². The lowest BCUT2D eigenvalue weighted by Gasteiger charge is -2.24. The predicted octanol–water partition coefficient (Wildman–Crippen LogP) is 2.04. The Kier molecular flexibility index (Phi) is 4.40. The van der Waals surface area contributed by atoms with E-state index in [4.69, 9.17) is 5.73 Å². The van der Waals surface area contributed by atoms with Crippen LogP contribution in [-0.4, -0.2) is 24.8 Å². The second-order valence-electron chi connectivity index (χ2n) is 4.42. The van der Waals surface area contributed by atoms with Crippen molar-refractivity contribution < 1.29 is 13.2 Å². The molecule has 2 nitrogen and oxygen atoms in total. The predicted molar refractivity (Wildman–Crippen MR) is 53.5 cm³/mol. The van der Waals surface area contributed by atoms with Crippen molar-refractivity contribution in [2.75, 3.05) is 6.54 Å². The average molecular weight is 224 g/mol. The molecule has 0 aromatic carbocycles. The fourth-order valence-corrected chi connectivity index (χ4v) is 2.31. The molecule has 1 aliphatic rings. The van der Waals surface area contributed by atoms with Gasteiger partial charge in [0, 0.05) is 12.1 Å². The van der Waals surface area contributed by atoms with E-state index in [2.05, 4.69) is 5.32 Å². The van der Waals surface area contributed by atoms with Gasteiger partial charge in [0.25, 0.3) is 0 Å². The van der Waals surface area contributed by atoms with Crippen LogP contribution in [0.2, 0.25) is 0 Å². The monoisotopic (exact) mass is 224 g/mol. The minimum absolute atomic E-state index is 0.173. The number of hydrogen-bond donors (Lipinski definition) is 2. The Bertz CT molecular complexity index is 194. The van der Waals surface area contributed by atoms with Gasteiger partial charge in [0.2, 0.25) is 0 Å². The number of alkyl halides is 3. The van der Waals surface area contributed by atoms with Crippen molar-refractivity contribution in [1.82, 2.24) is 5.32 Å². The molecular weight excluding hydrogens is 205 g/mol. The molecule has 0 aromatic heterocycles. The van der Waals surface area contributed by atoms with Gasteiger partial charge in [0.1, 0.15) is 0 Å². The molecule has 0 saturated heterocycles. The third-order valence-electron chi connectivity index (χ3n) is 3.00. The van der Waals surface area contributed by atoms with Gasteiger partial charge in [0.05, 0.1) is 6.42 Å². The van der Waals surface area contributed by atoms with Crippen LogP contribution in [-0.2, 0) is 0 Å². The van der Waals surface area contributed by atoms with Crippen molar-refractivity contribution in [1.29, 1.82) is 0 Å². The van der Waals surface area contributed by atoms with Gasteiger partial charge in [0.15, 0.2) is 0 Å². The van der Waals surface area contributed by atoms with Gasteiger partial charge in [-0.15, -0.1) is 0 Å². The van der Waals surface area contributed by atoms with Gasteiger partial charge in [-0.2, -0.15) is 13.2 Å². The number of halogens is 3. The third kappa shape index (κ3) is 4.38. The highest BCUT2D eigenvalue weighted by molar-refractivity contribution is 4.85. The molecule has 0 spiro atoms. The summed E-state index contributed by atoms with van der Waals surface area (Å²) >= 11 is 0. The van der Waals surface area contributed by atoms with Crippen molar-refractivity contribution in [2.45, 2.75) is 50.9 Å². The minimum Gasteiger partial charge on any atom is -0.330 e. The Morgan fingerprint density at radius 3 is 2.60 bits per heavy atom. The van der Waals surface area contributed by atoms with Crippen LogP contribution in [0.3, 0.4) is 0 Å². The van der Waals surface area contributed by atoms with Crippen molar-refractivity contribution in [3.05, 3.63) is 0 Å². The highest BCUT2D eigenvalue weighted by Crippen LogP contribution is 2.27. The van der Waals surface area contributed by atoms with Gasteiger partial charge in [-0.25, -0.2) is 0 Å². The summed E-state index contributed by atoms with van der Waals surface area (Å²) in [7, 11) is 0. The van der Waals surface area contributed by atoms with Crippen LogP contribution in [0, 0.1) is 5.92 Å². The highest BCUT2D eigenvalue weighted by atomic mass is 19.4. The van der Waals surface area contributed by atoms with Crippen LogP contribution in [0.15, 0.2) is 0 Å². The molecular formula is C10H19F3N2. The molecule has 0 aliphatic heterocycles. The van der Waals surface area contributed by atoms with Crippen LogP contribution in [0.1, 0.15) is 32.6 Å². The smallest absolute Gasteiger partial charge is 0.330 e. The highest BCUT2D eigenvalue weighted by Gasteiger charge is 2.33. The van der Waals surface area contributed by atoms with Crippen LogP contribution < -0.4 is 11.1 Å². The van der Waals surface area contributed by atoms with E-state index in [0.717, 1.165) is 19.3 Å². The van der Waals surface area contributed by atoms with Crippen molar-refractivity contribution in [2.24, 2.45) is 11.7 Å². The van der Waals surface area contributed by atoms with E-state index in [0.29, 0.717) is 12.5 Å². The standard InChI is InChI=1S/C10H19F3N2/c1-7(5-10(11,12)13)15-9-4-2-3-8(9)6-14/h7-9,15H,2-6,14H2,1H3. The van der Waals surface area contributed by atoms with Gasteiger partial charge < -0.3 is 11.1 Å². The molecule has 1 saturated carbocycles. The molecule has 5 heteroatoms. The summed E-state index contributed by atoms with van der Waals surface area (Å²) in [6.45, 7) is 2.15. The van der Waals surface area contributed by atoms with E-state index < -0.39 is 18.6 Å². The second-order valence-corrected chi connectivity index (χ2v) is 4.42. The zero-order valence-electron chi connectivity index (χ0n) is 8.98. The summed E-state index contributed by atoms with van der Waals surface area (Å²) in [4.78, 5) is 0. The fraction of sp³-hybridized carbons (Fsp3) is 1.00. The molecule has 3 N–H and O–H groups in total. The first-order valence-corrected chi connectivity index (χ1v) is 5.45. The third-order valence-corrected chi connectivity index (χ3v) is 3.00. The lowest BCUT2D eigenvalue weighted by Crippen LogP contribution is -2.42. The lowest BCUT2D eigenvalue weighted by molar-refractivity contribution is -0.139. The summed E-state index contributed by atoms with van der Waals surface area (Å²) in [5.74, 6) is 0.348. The first-order chi connectivity index (χ1) is 6.92. The van der Waals surface area contributed by atoms with Gasteiger partial charge in [-0.3, -0.25) is 0 Å².